The van der Waals surface area contributed by atoms with Crippen molar-refractivity contribution < 1.29 is 4.74 Å². The molecule has 2 heterocycles. The van der Waals surface area contributed by atoms with Crippen LogP contribution in [0.1, 0.15) is 31.7 Å². The first-order chi connectivity index (χ1) is 14.1. The van der Waals surface area contributed by atoms with Crippen molar-refractivity contribution in [1.82, 2.24) is 14.6 Å². The molecular weight excluding hydrogens is 450 g/mol. The summed E-state index contributed by atoms with van der Waals surface area (Å²) in [6, 6.07) is 15.5. The Balaban J connectivity index is 1.55. The maximum absolute atomic E-state index is 12.7. The minimum Gasteiger partial charge on any atom is -0.494 e. The molecule has 0 unspecified atom stereocenters. The van der Waals surface area contributed by atoms with Crippen molar-refractivity contribution in [2.45, 2.75) is 26.2 Å². The molecule has 148 valence electrons. The molecule has 2 aromatic heterocycles. The maximum atomic E-state index is 12.7. The number of fused-ring (bicyclic) bond motifs is 1. The first-order valence-electron chi connectivity index (χ1n) is 9.54. The van der Waals surface area contributed by atoms with E-state index in [9.17, 15) is 4.79 Å². The van der Waals surface area contributed by atoms with Gasteiger partial charge in [-0.3, -0.25) is 4.79 Å². The molecule has 0 bridgehead atoms. The number of thiazole rings is 1. The number of hydrogen-bond acceptors (Lipinski definition) is 5. The van der Waals surface area contributed by atoms with Gasteiger partial charge in [-0.05, 0) is 42.3 Å². The van der Waals surface area contributed by atoms with Crippen molar-refractivity contribution in [3.05, 3.63) is 73.5 Å². The van der Waals surface area contributed by atoms with Crippen LogP contribution in [0, 0.1) is 0 Å². The van der Waals surface area contributed by atoms with Crippen molar-refractivity contribution >= 4 is 38.3 Å². The summed E-state index contributed by atoms with van der Waals surface area (Å²) in [6.07, 6.45) is 5.28. The highest BCUT2D eigenvalue weighted by Crippen LogP contribution is 2.19. The Hall–Kier alpha value is -2.51. The van der Waals surface area contributed by atoms with Crippen molar-refractivity contribution in [1.29, 1.82) is 0 Å². The topological polar surface area (TPSA) is 56.5 Å². The predicted molar refractivity (Wildman–Crippen MR) is 121 cm³/mol. The fourth-order valence-electron chi connectivity index (χ4n) is 2.91. The van der Waals surface area contributed by atoms with Gasteiger partial charge in [0.25, 0.3) is 5.56 Å². The Morgan fingerprint density at radius 3 is 2.55 bits per heavy atom. The van der Waals surface area contributed by atoms with Crippen LogP contribution in [-0.2, 0) is 0 Å². The fourth-order valence-corrected chi connectivity index (χ4v) is 4.08. The number of unbranched alkanes of at least 4 members (excludes halogenated alkanes) is 2. The molecule has 4 aromatic rings. The van der Waals surface area contributed by atoms with Gasteiger partial charge in [-0.25, -0.2) is 0 Å². The monoisotopic (exact) mass is 469 g/mol. The molecule has 0 aliphatic rings. The van der Waals surface area contributed by atoms with E-state index in [1.54, 1.807) is 0 Å². The van der Waals surface area contributed by atoms with Crippen LogP contribution in [-0.4, -0.2) is 21.2 Å². The average molecular weight is 470 g/mol. The molecule has 0 saturated heterocycles. The van der Waals surface area contributed by atoms with Gasteiger partial charge in [-0.2, -0.15) is 9.50 Å². The summed E-state index contributed by atoms with van der Waals surface area (Å²) in [5.41, 5.74) is 1.67. The van der Waals surface area contributed by atoms with Gasteiger partial charge in [0, 0.05) is 10.0 Å². The molecule has 5 nitrogen and oxygen atoms in total. The van der Waals surface area contributed by atoms with Gasteiger partial charge in [0.05, 0.1) is 11.1 Å². The van der Waals surface area contributed by atoms with Gasteiger partial charge in [0.1, 0.15) is 5.75 Å². The van der Waals surface area contributed by atoms with E-state index >= 15 is 0 Å². The Morgan fingerprint density at radius 2 is 1.86 bits per heavy atom. The molecule has 0 aliphatic heterocycles. The second-order valence-corrected chi connectivity index (χ2v) is 8.60. The number of halogens is 1. The van der Waals surface area contributed by atoms with E-state index in [1.165, 1.54) is 28.7 Å². The van der Waals surface area contributed by atoms with E-state index in [0.717, 1.165) is 34.4 Å². The average Bonchev–Trinajstić information content (AvgIpc) is 3.27. The summed E-state index contributed by atoms with van der Waals surface area (Å²) in [4.78, 5) is 17.8. The van der Waals surface area contributed by atoms with Crippen LogP contribution in [0.5, 0.6) is 5.75 Å². The highest BCUT2D eigenvalue weighted by Gasteiger charge is 2.11. The van der Waals surface area contributed by atoms with Crippen LogP contribution >= 0.6 is 27.3 Å². The molecular formula is C22H20BrN3O2S. The third kappa shape index (κ3) is 4.57. The summed E-state index contributed by atoms with van der Waals surface area (Å²) in [6.45, 7) is 2.91. The van der Waals surface area contributed by atoms with E-state index in [2.05, 4.69) is 32.9 Å². The first-order valence-corrected chi connectivity index (χ1v) is 11.1. The highest BCUT2D eigenvalue weighted by atomic mass is 79.9. The summed E-state index contributed by atoms with van der Waals surface area (Å²) >= 11 is 4.76. The molecule has 2 aromatic carbocycles. The number of aromatic nitrogens is 3. The maximum Gasteiger partial charge on any atom is 0.291 e. The van der Waals surface area contributed by atoms with Gasteiger partial charge < -0.3 is 4.74 Å². The Bertz CT molecular complexity index is 1210. The first kappa shape index (κ1) is 19.8. The zero-order chi connectivity index (χ0) is 20.2. The lowest BCUT2D eigenvalue weighted by molar-refractivity contribution is 0.306. The quantitative estimate of drug-likeness (QED) is 0.368. The predicted octanol–water partition coefficient (Wildman–Crippen LogP) is 4.70. The fraction of sp³-hybridized carbons (Fsp3) is 0.227. The number of ether oxygens (including phenoxy) is 1. The van der Waals surface area contributed by atoms with Crippen LogP contribution < -0.4 is 14.8 Å². The lowest BCUT2D eigenvalue weighted by atomic mass is 10.2. The lowest BCUT2D eigenvalue weighted by Crippen LogP contribution is -2.23. The number of rotatable bonds is 7. The molecule has 0 spiro atoms. The number of benzene rings is 2. The van der Waals surface area contributed by atoms with E-state index in [1.807, 2.05) is 54.6 Å². The molecule has 0 radical (unpaired) electrons. The largest absolute Gasteiger partial charge is 0.494 e. The highest BCUT2D eigenvalue weighted by molar-refractivity contribution is 9.10. The molecule has 4 rings (SSSR count). The van der Waals surface area contributed by atoms with E-state index in [4.69, 9.17) is 4.74 Å². The lowest BCUT2D eigenvalue weighted by Gasteiger charge is -2.05. The molecule has 0 N–H and O–H groups in total. The number of nitrogens with zero attached hydrogens (tertiary/aromatic N) is 3. The van der Waals surface area contributed by atoms with Gasteiger partial charge in [0.2, 0.25) is 4.96 Å². The van der Waals surface area contributed by atoms with Crippen molar-refractivity contribution in [3.63, 3.8) is 0 Å². The van der Waals surface area contributed by atoms with Crippen LogP contribution in [0.15, 0.2) is 57.8 Å². The normalized spacial score (nSPS) is 12.0. The molecule has 0 atom stereocenters. The molecule has 0 aliphatic carbocycles. The van der Waals surface area contributed by atoms with E-state index < -0.39 is 0 Å². The third-order valence-corrected chi connectivity index (χ3v) is 5.97. The zero-order valence-electron chi connectivity index (χ0n) is 16.0. The minimum atomic E-state index is -0.152. The summed E-state index contributed by atoms with van der Waals surface area (Å²) in [5.74, 6) is 1.40. The second kappa shape index (κ2) is 8.88. The Morgan fingerprint density at radius 1 is 1.10 bits per heavy atom. The van der Waals surface area contributed by atoms with Crippen LogP contribution in [0.4, 0.5) is 0 Å². The van der Waals surface area contributed by atoms with E-state index in [0.29, 0.717) is 15.3 Å². The van der Waals surface area contributed by atoms with Gasteiger partial charge in [0.15, 0.2) is 5.82 Å². The summed E-state index contributed by atoms with van der Waals surface area (Å²) in [5, 5.41) is 4.39. The molecule has 0 fully saturated rings. The Labute approximate surface area is 180 Å². The molecule has 0 saturated carbocycles. The van der Waals surface area contributed by atoms with Crippen LogP contribution in [0.25, 0.3) is 22.4 Å². The number of hydrogen-bond donors (Lipinski definition) is 0. The van der Waals surface area contributed by atoms with Gasteiger partial charge >= 0.3 is 0 Å². The van der Waals surface area contributed by atoms with Crippen molar-refractivity contribution in [2.24, 2.45) is 0 Å². The van der Waals surface area contributed by atoms with Crippen molar-refractivity contribution in [2.75, 3.05) is 6.61 Å². The summed E-state index contributed by atoms with van der Waals surface area (Å²) in [7, 11) is 0. The SMILES string of the molecule is CCCCCOc1ccc(/C=c2/sc3nc(-c4ccc(Br)cc4)nn3c2=O)cc1. The smallest absolute Gasteiger partial charge is 0.291 e. The van der Waals surface area contributed by atoms with Gasteiger partial charge in [-0.1, -0.05) is 71.3 Å². The Kier molecular flexibility index (Phi) is 6.06. The standard InChI is InChI=1S/C22H20BrN3O2S/c1-2-3-4-13-28-18-11-5-15(6-12-18)14-19-21(27)26-22(29-19)24-20(25-26)16-7-9-17(23)10-8-16/h5-12,14H,2-4,13H2,1H3/b19-14+. The molecule has 0 amide bonds. The zero-order valence-corrected chi connectivity index (χ0v) is 18.4. The summed E-state index contributed by atoms with van der Waals surface area (Å²) < 4.78 is 8.71. The third-order valence-electron chi connectivity index (χ3n) is 4.48. The molecule has 7 heteroatoms. The van der Waals surface area contributed by atoms with Crippen LogP contribution in [0.2, 0.25) is 0 Å². The van der Waals surface area contributed by atoms with Gasteiger partial charge in [-0.15, -0.1) is 5.10 Å². The van der Waals surface area contributed by atoms with E-state index in [-0.39, 0.29) is 5.56 Å². The van der Waals surface area contributed by atoms with Crippen LogP contribution in [0.3, 0.4) is 0 Å². The van der Waals surface area contributed by atoms with Crippen molar-refractivity contribution in [3.8, 4) is 17.1 Å². The minimum absolute atomic E-state index is 0.152. The second-order valence-electron chi connectivity index (χ2n) is 6.68. The molecule has 29 heavy (non-hydrogen) atoms.